The van der Waals surface area contributed by atoms with Crippen molar-refractivity contribution in [3.63, 3.8) is 0 Å². The van der Waals surface area contributed by atoms with Crippen molar-refractivity contribution in [2.24, 2.45) is 7.05 Å². The molecule has 0 radical (unpaired) electrons. The molecule has 0 unspecified atom stereocenters. The van der Waals surface area contributed by atoms with Gasteiger partial charge in [-0.1, -0.05) is 0 Å². The van der Waals surface area contributed by atoms with Gasteiger partial charge < -0.3 is 14.2 Å². The predicted molar refractivity (Wildman–Crippen MR) is 73.7 cm³/mol. The van der Waals surface area contributed by atoms with Crippen LogP contribution in [0.5, 0.6) is 0 Å². The van der Waals surface area contributed by atoms with Gasteiger partial charge in [-0.2, -0.15) is 0 Å². The Morgan fingerprint density at radius 3 is 2.75 bits per heavy atom. The molecule has 0 aliphatic rings. The minimum absolute atomic E-state index is 0.296. The normalized spacial score (nSPS) is 11.1. The fourth-order valence-electron chi connectivity index (χ4n) is 2.21. The third-order valence-electron chi connectivity index (χ3n) is 3.51. The number of carboxylic acids is 1. The Bertz CT molecular complexity index is 801. The van der Waals surface area contributed by atoms with E-state index >= 15 is 0 Å². The second-order valence-electron chi connectivity index (χ2n) is 4.74. The zero-order chi connectivity index (χ0) is 14.3. The first-order valence-corrected chi connectivity index (χ1v) is 6.23. The second kappa shape index (κ2) is 4.48. The Morgan fingerprint density at radius 2 is 2.10 bits per heavy atom. The number of aromatic nitrogens is 4. The van der Waals surface area contributed by atoms with Gasteiger partial charge in [-0.25, -0.2) is 4.79 Å². The summed E-state index contributed by atoms with van der Waals surface area (Å²) in [5.74, 6) is 0.815. The van der Waals surface area contributed by atoms with E-state index in [1.165, 1.54) is 0 Å². The molecule has 1 N–H and O–H groups in total. The van der Waals surface area contributed by atoms with Gasteiger partial charge in [0, 0.05) is 24.1 Å². The molecule has 0 atom stereocenters. The molecular weight excluding hydrogens is 256 g/mol. The van der Waals surface area contributed by atoms with E-state index in [1.807, 2.05) is 41.4 Å². The number of aryl methyl sites for hydroxylation is 1. The molecule has 6 heteroatoms. The maximum Gasteiger partial charge on any atom is 0.335 e. The van der Waals surface area contributed by atoms with E-state index in [9.17, 15) is 4.79 Å². The lowest BCUT2D eigenvalue weighted by atomic mass is 10.1. The summed E-state index contributed by atoms with van der Waals surface area (Å²) in [6, 6.07) is 7.02. The van der Waals surface area contributed by atoms with Crippen molar-refractivity contribution in [3.8, 4) is 0 Å². The first-order valence-electron chi connectivity index (χ1n) is 6.23. The molecule has 6 nitrogen and oxygen atoms in total. The predicted octanol–water partition coefficient (Wildman–Crippen LogP) is 1.82. The summed E-state index contributed by atoms with van der Waals surface area (Å²) in [7, 11) is 1.93. The average molecular weight is 270 g/mol. The van der Waals surface area contributed by atoms with E-state index in [0.29, 0.717) is 12.1 Å². The SMILES string of the molecule is Cc1nnc(Cn2ccc3cc(C(=O)O)ccc32)n1C. The summed E-state index contributed by atoms with van der Waals surface area (Å²) in [4.78, 5) is 11.0. The second-order valence-corrected chi connectivity index (χ2v) is 4.74. The van der Waals surface area contributed by atoms with Crippen LogP contribution in [0.15, 0.2) is 30.5 Å². The summed E-state index contributed by atoms with van der Waals surface area (Å²) in [5.41, 5.74) is 1.28. The molecule has 2 heterocycles. The maximum absolute atomic E-state index is 11.0. The number of carbonyl (C=O) groups is 1. The molecule has 0 fully saturated rings. The van der Waals surface area contributed by atoms with Crippen LogP contribution < -0.4 is 0 Å². The third kappa shape index (κ3) is 1.95. The molecule has 0 aliphatic heterocycles. The molecule has 0 saturated carbocycles. The van der Waals surface area contributed by atoms with E-state index in [0.717, 1.165) is 22.6 Å². The third-order valence-corrected chi connectivity index (χ3v) is 3.51. The van der Waals surface area contributed by atoms with Crippen LogP contribution in [0.2, 0.25) is 0 Å². The molecule has 1 aromatic carbocycles. The molecule has 0 spiro atoms. The van der Waals surface area contributed by atoms with E-state index in [2.05, 4.69) is 10.2 Å². The Balaban J connectivity index is 2.01. The Morgan fingerprint density at radius 1 is 1.30 bits per heavy atom. The van der Waals surface area contributed by atoms with Crippen molar-refractivity contribution in [1.29, 1.82) is 0 Å². The monoisotopic (exact) mass is 270 g/mol. The Kier molecular flexibility index (Phi) is 2.78. The number of fused-ring (bicyclic) bond motifs is 1. The van der Waals surface area contributed by atoms with E-state index in [4.69, 9.17) is 5.11 Å². The van der Waals surface area contributed by atoms with Crippen LogP contribution in [0.1, 0.15) is 22.0 Å². The lowest BCUT2D eigenvalue weighted by Gasteiger charge is -2.05. The Hall–Kier alpha value is -2.63. The molecule has 0 saturated heterocycles. The van der Waals surface area contributed by atoms with Crippen LogP contribution in [-0.4, -0.2) is 30.4 Å². The summed E-state index contributed by atoms with van der Waals surface area (Å²) in [6.07, 6.45) is 1.93. The van der Waals surface area contributed by atoms with Crippen molar-refractivity contribution < 1.29 is 9.90 Å². The minimum atomic E-state index is -0.913. The van der Waals surface area contributed by atoms with Gasteiger partial charge in [0.25, 0.3) is 0 Å². The van der Waals surface area contributed by atoms with Crippen molar-refractivity contribution in [2.45, 2.75) is 13.5 Å². The maximum atomic E-state index is 11.0. The van der Waals surface area contributed by atoms with Crippen molar-refractivity contribution in [3.05, 3.63) is 47.7 Å². The van der Waals surface area contributed by atoms with Gasteiger partial charge in [0.2, 0.25) is 0 Å². The van der Waals surface area contributed by atoms with Crippen LogP contribution >= 0.6 is 0 Å². The smallest absolute Gasteiger partial charge is 0.335 e. The quantitative estimate of drug-likeness (QED) is 0.788. The van der Waals surface area contributed by atoms with Crippen LogP contribution in [0.25, 0.3) is 10.9 Å². The molecular formula is C14H14N4O2. The average Bonchev–Trinajstić information content (AvgIpc) is 2.97. The number of hydrogen-bond donors (Lipinski definition) is 1. The van der Waals surface area contributed by atoms with Gasteiger partial charge in [0.05, 0.1) is 12.1 Å². The van der Waals surface area contributed by atoms with Gasteiger partial charge in [-0.05, 0) is 31.2 Å². The first-order chi connectivity index (χ1) is 9.56. The molecule has 0 amide bonds. The topological polar surface area (TPSA) is 72.9 Å². The highest BCUT2D eigenvalue weighted by molar-refractivity contribution is 5.93. The molecule has 0 bridgehead atoms. The van der Waals surface area contributed by atoms with Crippen molar-refractivity contribution >= 4 is 16.9 Å². The first kappa shape index (κ1) is 12.4. The van der Waals surface area contributed by atoms with E-state index < -0.39 is 5.97 Å². The van der Waals surface area contributed by atoms with Crippen LogP contribution in [0, 0.1) is 6.92 Å². The summed E-state index contributed by atoms with van der Waals surface area (Å²) in [5, 5.41) is 18.1. The molecule has 3 aromatic rings. The van der Waals surface area contributed by atoms with Crippen LogP contribution in [-0.2, 0) is 13.6 Å². The van der Waals surface area contributed by atoms with E-state index in [1.54, 1.807) is 12.1 Å². The highest BCUT2D eigenvalue weighted by Gasteiger charge is 2.09. The van der Waals surface area contributed by atoms with Crippen molar-refractivity contribution in [1.82, 2.24) is 19.3 Å². The van der Waals surface area contributed by atoms with E-state index in [-0.39, 0.29) is 0 Å². The standard InChI is InChI=1S/C14H14N4O2/c1-9-15-16-13(17(9)2)8-18-6-5-10-7-11(14(19)20)3-4-12(10)18/h3-7H,8H2,1-2H3,(H,19,20). The Labute approximate surface area is 115 Å². The lowest BCUT2D eigenvalue weighted by molar-refractivity contribution is 0.0697. The highest BCUT2D eigenvalue weighted by Crippen LogP contribution is 2.18. The number of nitrogens with zero attached hydrogens (tertiary/aromatic N) is 4. The largest absolute Gasteiger partial charge is 0.478 e. The fourth-order valence-corrected chi connectivity index (χ4v) is 2.21. The number of benzene rings is 1. The summed E-state index contributed by atoms with van der Waals surface area (Å²) >= 11 is 0. The van der Waals surface area contributed by atoms with Crippen molar-refractivity contribution in [2.75, 3.05) is 0 Å². The zero-order valence-corrected chi connectivity index (χ0v) is 11.2. The molecule has 0 aliphatic carbocycles. The highest BCUT2D eigenvalue weighted by atomic mass is 16.4. The number of carboxylic acid groups (broad SMARTS) is 1. The summed E-state index contributed by atoms with van der Waals surface area (Å²) in [6.45, 7) is 2.51. The van der Waals surface area contributed by atoms with Gasteiger partial charge in [-0.15, -0.1) is 10.2 Å². The van der Waals surface area contributed by atoms with Gasteiger partial charge >= 0.3 is 5.97 Å². The number of rotatable bonds is 3. The zero-order valence-electron chi connectivity index (χ0n) is 11.2. The fraction of sp³-hybridized carbons (Fsp3) is 0.214. The van der Waals surface area contributed by atoms with Gasteiger partial charge in [0.15, 0.2) is 5.82 Å². The van der Waals surface area contributed by atoms with Crippen LogP contribution in [0.3, 0.4) is 0 Å². The minimum Gasteiger partial charge on any atom is -0.478 e. The number of aromatic carboxylic acids is 1. The number of hydrogen-bond acceptors (Lipinski definition) is 3. The molecule has 102 valence electrons. The lowest BCUT2D eigenvalue weighted by Crippen LogP contribution is -2.06. The van der Waals surface area contributed by atoms with Crippen LogP contribution in [0.4, 0.5) is 0 Å². The van der Waals surface area contributed by atoms with Gasteiger partial charge in [-0.3, -0.25) is 0 Å². The van der Waals surface area contributed by atoms with Gasteiger partial charge in [0.1, 0.15) is 5.82 Å². The molecule has 3 rings (SSSR count). The molecule has 2 aromatic heterocycles. The summed E-state index contributed by atoms with van der Waals surface area (Å²) < 4.78 is 3.97. The molecule has 20 heavy (non-hydrogen) atoms.